The Hall–Kier alpha value is -2.09. The van der Waals surface area contributed by atoms with Gasteiger partial charge in [-0.05, 0) is 55.2 Å². The fraction of sp³-hybridized carbons (Fsp3) is 0.235. The first-order chi connectivity index (χ1) is 9.02. The van der Waals surface area contributed by atoms with Crippen LogP contribution in [0.2, 0.25) is 0 Å². The summed E-state index contributed by atoms with van der Waals surface area (Å²) in [5.74, 6) is 1.03. The van der Waals surface area contributed by atoms with Gasteiger partial charge in [0, 0.05) is 5.56 Å². The van der Waals surface area contributed by atoms with E-state index in [-0.39, 0.29) is 5.78 Å². The van der Waals surface area contributed by atoms with Crippen LogP contribution in [-0.2, 0) is 0 Å². The molecule has 0 saturated carbocycles. The Balaban J connectivity index is 2.44. The van der Waals surface area contributed by atoms with Crippen LogP contribution in [0.1, 0.15) is 28.4 Å². The maximum absolute atomic E-state index is 11.3. The highest BCUT2D eigenvalue weighted by Crippen LogP contribution is 2.30. The summed E-state index contributed by atoms with van der Waals surface area (Å²) in [7, 11) is 1.69. The van der Waals surface area contributed by atoms with Crippen LogP contribution in [0.15, 0.2) is 36.4 Å². The molecule has 0 heterocycles. The van der Waals surface area contributed by atoms with Crippen LogP contribution < -0.4 is 4.74 Å². The molecule has 0 aromatic heterocycles. The van der Waals surface area contributed by atoms with Crippen LogP contribution in [0.3, 0.4) is 0 Å². The van der Waals surface area contributed by atoms with Crippen molar-refractivity contribution >= 4 is 5.78 Å². The monoisotopic (exact) mass is 254 g/mol. The number of carbonyl (C=O) groups excluding carboxylic acids is 1. The predicted octanol–water partition coefficient (Wildman–Crippen LogP) is 4.18. The first-order valence-corrected chi connectivity index (χ1v) is 6.29. The second-order valence-corrected chi connectivity index (χ2v) is 4.78. The molecular formula is C17H18O2. The van der Waals surface area contributed by atoms with E-state index in [1.54, 1.807) is 14.0 Å². The van der Waals surface area contributed by atoms with Gasteiger partial charge in [-0.25, -0.2) is 0 Å². The van der Waals surface area contributed by atoms with Crippen LogP contribution in [0.25, 0.3) is 11.1 Å². The average Bonchev–Trinajstić information content (AvgIpc) is 2.38. The smallest absolute Gasteiger partial charge is 0.159 e. The van der Waals surface area contributed by atoms with Gasteiger partial charge in [-0.1, -0.05) is 24.3 Å². The predicted molar refractivity (Wildman–Crippen MR) is 77.9 cm³/mol. The first-order valence-electron chi connectivity index (χ1n) is 6.29. The lowest BCUT2D eigenvalue weighted by molar-refractivity contribution is 0.101. The van der Waals surface area contributed by atoms with Crippen LogP contribution in [0, 0.1) is 13.8 Å². The molecule has 0 aliphatic rings. The Labute approximate surface area is 114 Å². The molecule has 0 bridgehead atoms. The van der Waals surface area contributed by atoms with E-state index in [2.05, 4.69) is 12.1 Å². The van der Waals surface area contributed by atoms with Gasteiger partial charge in [-0.15, -0.1) is 0 Å². The van der Waals surface area contributed by atoms with Gasteiger partial charge < -0.3 is 4.74 Å². The van der Waals surface area contributed by atoms with Crippen molar-refractivity contribution < 1.29 is 9.53 Å². The van der Waals surface area contributed by atoms with Crippen molar-refractivity contribution in [2.45, 2.75) is 20.8 Å². The molecule has 0 radical (unpaired) electrons. The van der Waals surface area contributed by atoms with Crippen LogP contribution in [0.5, 0.6) is 5.75 Å². The number of Topliss-reactive ketones (excluding diaryl/α,β-unsaturated/α-hetero) is 1. The maximum Gasteiger partial charge on any atom is 0.159 e. The van der Waals surface area contributed by atoms with Gasteiger partial charge >= 0.3 is 0 Å². The van der Waals surface area contributed by atoms with Gasteiger partial charge in [0.25, 0.3) is 0 Å². The highest BCUT2D eigenvalue weighted by atomic mass is 16.5. The minimum absolute atomic E-state index is 0.0913. The summed E-state index contributed by atoms with van der Waals surface area (Å²) in [6.07, 6.45) is 0. The lowest BCUT2D eigenvalue weighted by atomic mass is 9.98. The van der Waals surface area contributed by atoms with E-state index in [0.29, 0.717) is 0 Å². The number of benzene rings is 2. The van der Waals surface area contributed by atoms with Gasteiger partial charge in [0.15, 0.2) is 5.78 Å². The molecule has 0 amide bonds. The summed E-state index contributed by atoms with van der Waals surface area (Å²) in [4.78, 5) is 11.3. The Morgan fingerprint density at radius 3 is 1.89 bits per heavy atom. The molecule has 98 valence electrons. The zero-order chi connectivity index (χ0) is 14.0. The standard InChI is InChI=1S/C17H18O2/c1-11-9-16(10-12(2)17(11)19-4)15-7-5-14(6-8-15)13(3)18/h5-10H,1-4H3. The molecule has 0 aliphatic heterocycles. The molecule has 0 atom stereocenters. The highest BCUT2D eigenvalue weighted by molar-refractivity contribution is 5.94. The third-order valence-corrected chi connectivity index (χ3v) is 3.29. The largest absolute Gasteiger partial charge is 0.496 e. The second-order valence-electron chi connectivity index (χ2n) is 4.78. The quantitative estimate of drug-likeness (QED) is 0.768. The van der Waals surface area contributed by atoms with Crippen molar-refractivity contribution in [1.29, 1.82) is 0 Å². The summed E-state index contributed by atoms with van der Waals surface area (Å²) in [6, 6.07) is 11.9. The highest BCUT2D eigenvalue weighted by Gasteiger charge is 2.07. The molecule has 2 aromatic carbocycles. The molecule has 2 heteroatoms. The minimum atomic E-state index is 0.0913. The van der Waals surface area contributed by atoms with Gasteiger partial charge in [0.2, 0.25) is 0 Å². The second kappa shape index (κ2) is 5.27. The van der Waals surface area contributed by atoms with E-state index in [4.69, 9.17) is 4.74 Å². The van der Waals surface area contributed by atoms with Gasteiger partial charge in [-0.3, -0.25) is 4.79 Å². The Bertz CT molecular complexity index is 587. The maximum atomic E-state index is 11.3. The fourth-order valence-electron chi connectivity index (χ4n) is 2.34. The molecule has 2 nitrogen and oxygen atoms in total. The number of aryl methyl sites for hydroxylation is 2. The Morgan fingerprint density at radius 1 is 0.947 bits per heavy atom. The SMILES string of the molecule is COc1c(C)cc(-c2ccc(C(C)=O)cc2)cc1C. The fourth-order valence-corrected chi connectivity index (χ4v) is 2.34. The van der Waals surface area contributed by atoms with E-state index in [0.717, 1.165) is 33.6 Å². The zero-order valence-electron chi connectivity index (χ0n) is 11.8. The molecule has 2 aromatic rings. The number of methoxy groups -OCH3 is 1. The minimum Gasteiger partial charge on any atom is -0.496 e. The molecule has 0 aliphatic carbocycles. The number of hydrogen-bond acceptors (Lipinski definition) is 2. The summed E-state index contributed by atoms with van der Waals surface area (Å²) >= 11 is 0. The number of rotatable bonds is 3. The van der Waals surface area contributed by atoms with Crippen molar-refractivity contribution in [3.05, 3.63) is 53.1 Å². The van der Waals surface area contributed by atoms with E-state index < -0.39 is 0 Å². The Kier molecular flexibility index (Phi) is 3.70. The van der Waals surface area contributed by atoms with Gasteiger partial charge in [0.1, 0.15) is 5.75 Å². The van der Waals surface area contributed by atoms with Crippen molar-refractivity contribution in [3.63, 3.8) is 0 Å². The molecule has 0 fully saturated rings. The lowest BCUT2D eigenvalue weighted by Gasteiger charge is -2.11. The number of carbonyl (C=O) groups is 1. The molecular weight excluding hydrogens is 236 g/mol. The van der Waals surface area contributed by atoms with E-state index in [1.165, 1.54) is 0 Å². The number of hydrogen-bond donors (Lipinski definition) is 0. The topological polar surface area (TPSA) is 26.3 Å². The summed E-state index contributed by atoms with van der Waals surface area (Å²) < 4.78 is 5.37. The van der Waals surface area contributed by atoms with Crippen molar-refractivity contribution in [3.8, 4) is 16.9 Å². The third kappa shape index (κ3) is 2.68. The molecule has 0 unspecified atom stereocenters. The normalized spacial score (nSPS) is 10.3. The molecule has 0 spiro atoms. The molecule has 0 N–H and O–H groups in total. The number of ketones is 1. The van der Waals surface area contributed by atoms with Crippen molar-refractivity contribution in [2.75, 3.05) is 7.11 Å². The van der Waals surface area contributed by atoms with Crippen molar-refractivity contribution in [1.82, 2.24) is 0 Å². The van der Waals surface area contributed by atoms with E-state index in [9.17, 15) is 4.79 Å². The van der Waals surface area contributed by atoms with Crippen LogP contribution in [-0.4, -0.2) is 12.9 Å². The lowest BCUT2D eigenvalue weighted by Crippen LogP contribution is -1.93. The molecule has 0 saturated heterocycles. The van der Waals surface area contributed by atoms with Gasteiger partial charge in [-0.2, -0.15) is 0 Å². The van der Waals surface area contributed by atoms with Gasteiger partial charge in [0.05, 0.1) is 7.11 Å². The molecule has 2 rings (SSSR count). The zero-order valence-corrected chi connectivity index (χ0v) is 11.8. The summed E-state index contributed by atoms with van der Waals surface area (Å²) in [5.41, 5.74) is 5.23. The first kappa shape index (κ1) is 13.3. The summed E-state index contributed by atoms with van der Waals surface area (Å²) in [6.45, 7) is 5.66. The average molecular weight is 254 g/mol. The van der Waals surface area contributed by atoms with Crippen molar-refractivity contribution in [2.24, 2.45) is 0 Å². The summed E-state index contributed by atoms with van der Waals surface area (Å²) in [5, 5.41) is 0. The third-order valence-electron chi connectivity index (χ3n) is 3.29. The van der Waals surface area contributed by atoms with Crippen LogP contribution in [0.4, 0.5) is 0 Å². The van der Waals surface area contributed by atoms with E-state index in [1.807, 2.05) is 38.1 Å². The van der Waals surface area contributed by atoms with Crippen LogP contribution >= 0.6 is 0 Å². The molecule has 19 heavy (non-hydrogen) atoms. The Morgan fingerprint density at radius 2 is 1.47 bits per heavy atom. The van der Waals surface area contributed by atoms with E-state index >= 15 is 0 Å². The number of ether oxygens (including phenoxy) is 1.